The van der Waals surface area contributed by atoms with E-state index in [0.29, 0.717) is 24.6 Å². The van der Waals surface area contributed by atoms with Gasteiger partial charge in [0.25, 0.3) is 0 Å². The lowest BCUT2D eigenvalue weighted by molar-refractivity contribution is -0.141. The number of ether oxygens (including phenoxy) is 5. The zero-order chi connectivity index (χ0) is 28.0. The van der Waals surface area contributed by atoms with E-state index in [9.17, 15) is 19.8 Å². The Morgan fingerprint density at radius 2 is 1.77 bits per heavy atom. The highest BCUT2D eigenvalue weighted by molar-refractivity contribution is 8.76. The number of methoxy groups -OCH3 is 2. The number of amides is 1. The van der Waals surface area contributed by atoms with Crippen molar-refractivity contribution in [1.29, 1.82) is 0 Å². The summed E-state index contributed by atoms with van der Waals surface area (Å²) in [7, 11) is 5.95. The number of phenolic OH excluding ortho intramolecular Hbond substituents is 1. The molecule has 2 saturated heterocycles. The zero-order valence-electron chi connectivity index (χ0n) is 22.2. The first kappa shape index (κ1) is 27.2. The first-order valence-corrected chi connectivity index (χ1v) is 15.6. The summed E-state index contributed by atoms with van der Waals surface area (Å²) in [5.41, 5.74) is 2.62. The fourth-order valence-electron chi connectivity index (χ4n) is 6.16. The molecule has 12 heteroatoms. The van der Waals surface area contributed by atoms with E-state index in [4.69, 9.17) is 23.7 Å². The predicted molar refractivity (Wildman–Crippen MR) is 148 cm³/mol. The van der Waals surface area contributed by atoms with Crippen LogP contribution in [0.2, 0.25) is 0 Å². The third kappa shape index (κ3) is 4.79. The summed E-state index contributed by atoms with van der Waals surface area (Å²) in [4.78, 5) is 27.9. The quantitative estimate of drug-likeness (QED) is 0.364. The van der Waals surface area contributed by atoms with Gasteiger partial charge in [-0.25, -0.2) is 0 Å². The molecular formula is C28H31NO9S2. The molecule has 0 radical (unpaired) electrons. The third-order valence-corrected chi connectivity index (χ3v) is 10.8. The molecule has 214 valence electrons. The van der Waals surface area contributed by atoms with Gasteiger partial charge in [0.05, 0.1) is 38.6 Å². The van der Waals surface area contributed by atoms with Crippen molar-refractivity contribution in [3.05, 3.63) is 41.0 Å². The molecule has 2 aromatic rings. The zero-order valence-corrected chi connectivity index (χ0v) is 23.8. The fraction of sp³-hybridized carbons (Fsp3) is 0.500. The van der Waals surface area contributed by atoms with E-state index in [1.165, 1.54) is 25.0 Å². The number of phenols is 1. The number of esters is 1. The smallest absolute Gasteiger partial charge is 0.310 e. The molecule has 0 spiro atoms. The van der Waals surface area contributed by atoms with E-state index in [0.717, 1.165) is 29.5 Å². The van der Waals surface area contributed by atoms with E-state index in [2.05, 4.69) is 0 Å². The van der Waals surface area contributed by atoms with Crippen molar-refractivity contribution < 1.29 is 43.5 Å². The lowest BCUT2D eigenvalue weighted by atomic mass is 9.67. The summed E-state index contributed by atoms with van der Waals surface area (Å²) in [6.07, 6.45) is 1.05. The minimum atomic E-state index is -0.502. The van der Waals surface area contributed by atoms with Crippen molar-refractivity contribution in [2.24, 2.45) is 11.8 Å². The van der Waals surface area contributed by atoms with Crippen molar-refractivity contribution in [1.82, 2.24) is 4.90 Å². The number of hydrogen-bond donors (Lipinski definition) is 2. The number of benzene rings is 2. The van der Waals surface area contributed by atoms with Crippen LogP contribution in [0.1, 0.15) is 40.7 Å². The third-order valence-electron chi connectivity index (χ3n) is 8.08. The van der Waals surface area contributed by atoms with Crippen LogP contribution in [0.5, 0.6) is 28.7 Å². The SMILES string of the molecule is COc1cc([C@@H]2c3cc4c(cc3[C@@H](SSCC(=O)N3CCCC(O)C3)[C@H]3COC(=O)[C@H]23)OCO4)cc(OC)c1O. The lowest BCUT2D eigenvalue weighted by Crippen LogP contribution is -2.42. The molecule has 3 heterocycles. The van der Waals surface area contributed by atoms with E-state index in [1.54, 1.807) is 27.8 Å². The van der Waals surface area contributed by atoms with E-state index in [-0.39, 0.29) is 59.4 Å². The summed E-state index contributed by atoms with van der Waals surface area (Å²) >= 11 is 0. The summed E-state index contributed by atoms with van der Waals surface area (Å²) in [6, 6.07) is 7.36. The monoisotopic (exact) mass is 589 g/mol. The second-order valence-electron chi connectivity index (χ2n) is 10.3. The normalized spacial score (nSPS) is 26.6. The van der Waals surface area contributed by atoms with Crippen LogP contribution in [0.3, 0.4) is 0 Å². The standard InChI is InChI=1S/C28H31NO9S2/c1-34-21-6-14(7-22(35-2)26(21)32)24-16-8-19-20(38-13-37-19)9-17(16)27(18-11-36-28(33)25(18)24)40-39-12-23(31)29-5-3-4-15(30)10-29/h6-9,15,18,24-25,27,30,32H,3-5,10-13H2,1-2H3/t15?,18-,24+,25-,27+/m0/s1. The Kier molecular flexibility index (Phi) is 7.58. The number of nitrogens with zero attached hydrogens (tertiary/aromatic N) is 1. The van der Waals surface area contributed by atoms with Crippen molar-refractivity contribution in [2.45, 2.75) is 30.1 Å². The number of piperidine rings is 1. The van der Waals surface area contributed by atoms with Crippen LogP contribution < -0.4 is 18.9 Å². The van der Waals surface area contributed by atoms with Gasteiger partial charge in [0.15, 0.2) is 23.0 Å². The number of aliphatic hydroxyl groups is 1. The maximum absolute atomic E-state index is 13.3. The highest BCUT2D eigenvalue weighted by Gasteiger charge is 2.53. The topological polar surface area (TPSA) is 124 Å². The highest BCUT2D eigenvalue weighted by Crippen LogP contribution is 2.60. The highest BCUT2D eigenvalue weighted by atomic mass is 33.1. The van der Waals surface area contributed by atoms with Gasteiger partial charge in [0.2, 0.25) is 18.4 Å². The molecule has 6 rings (SSSR count). The van der Waals surface area contributed by atoms with Crippen LogP contribution in [0.15, 0.2) is 24.3 Å². The molecule has 0 aromatic heterocycles. The van der Waals surface area contributed by atoms with E-state index >= 15 is 0 Å². The summed E-state index contributed by atoms with van der Waals surface area (Å²) in [5.74, 6) is 0.489. The van der Waals surface area contributed by atoms with Gasteiger partial charge in [-0.05, 0) is 53.8 Å². The van der Waals surface area contributed by atoms with Crippen molar-refractivity contribution in [3.63, 3.8) is 0 Å². The number of aromatic hydroxyl groups is 1. The largest absolute Gasteiger partial charge is 0.502 e. The van der Waals surface area contributed by atoms with Crippen LogP contribution in [0, 0.1) is 11.8 Å². The van der Waals surface area contributed by atoms with Crippen molar-refractivity contribution in [3.8, 4) is 28.7 Å². The van der Waals surface area contributed by atoms with Gasteiger partial charge in [0, 0.05) is 30.2 Å². The van der Waals surface area contributed by atoms with Gasteiger partial charge in [-0.1, -0.05) is 21.6 Å². The fourth-order valence-corrected chi connectivity index (χ4v) is 9.04. The van der Waals surface area contributed by atoms with Gasteiger partial charge in [-0.2, -0.15) is 0 Å². The molecule has 2 aromatic carbocycles. The van der Waals surface area contributed by atoms with Gasteiger partial charge < -0.3 is 38.8 Å². The number of fused-ring (bicyclic) bond motifs is 3. The Morgan fingerprint density at radius 3 is 2.45 bits per heavy atom. The number of β-amino-alcohol motifs (C(OH)–C–C–N with tert-alkyl or cyclic N) is 1. The molecule has 1 amide bonds. The average Bonchev–Trinajstić information content (AvgIpc) is 3.58. The van der Waals surface area contributed by atoms with Crippen molar-refractivity contribution in [2.75, 3.05) is 46.5 Å². The second kappa shape index (κ2) is 11.1. The molecule has 5 atom stereocenters. The molecule has 2 fully saturated rings. The van der Waals surface area contributed by atoms with Crippen LogP contribution in [0.25, 0.3) is 0 Å². The number of hydrogen-bond acceptors (Lipinski definition) is 11. The molecule has 0 bridgehead atoms. The number of cyclic esters (lactones) is 1. The number of carbonyl (C=O) groups excluding carboxylic acids is 2. The molecule has 3 aliphatic heterocycles. The minimum absolute atomic E-state index is 0.00516. The van der Waals surface area contributed by atoms with Crippen molar-refractivity contribution >= 4 is 33.5 Å². The number of carbonyl (C=O) groups is 2. The molecule has 1 aliphatic carbocycles. The molecule has 0 saturated carbocycles. The molecule has 10 nitrogen and oxygen atoms in total. The first-order chi connectivity index (χ1) is 19.4. The maximum Gasteiger partial charge on any atom is 0.310 e. The van der Waals surface area contributed by atoms with Gasteiger partial charge in [-0.15, -0.1) is 0 Å². The first-order valence-electron chi connectivity index (χ1n) is 13.2. The summed E-state index contributed by atoms with van der Waals surface area (Å²) < 4.78 is 27.9. The number of rotatable bonds is 7. The molecular weight excluding hydrogens is 558 g/mol. The van der Waals surface area contributed by atoms with Crippen LogP contribution in [-0.2, 0) is 14.3 Å². The van der Waals surface area contributed by atoms with Gasteiger partial charge in [-0.3, -0.25) is 9.59 Å². The molecule has 2 N–H and O–H groups in total. The van der Waals surface area contributed by atoms with Gasteiger partial charge >= 0.3 is 5.97 Å². The maximum atomic E-state index is 13.3. The Bertz CT molecular complexity index is 1300. The van der Waals surface area contributed by atoms with E-state index < -0.39 is 17.9 Å². The van der Waals surface area contributed by atoms with Gasteiger partial charge in [0.1, 0.15) is 0 Å². The predicted octanol–water partition coefficient (Wildman–Crippen LogP) is 3.48. The van der Waals surface area contributed by atoms with E-state index in [1.807, 2.05) is 12.1 Å². The Morgan fingerprint density at radius 1 is 1.07 bits per heavy atom. The number of likely N-dealkylation sites (tertiary alicyclic amines) is 1. The van der Waals surface area contributed by atoms with Crippen LogP contribution in [0.4, 0.5) is 0 Å². The Balaban J connectivity index is 1.36. The van der Waals surface area contributed by atoms with Crippen LogP contribution >= 0.6 is 21.6 Å². The molecule has 40 heavy (non-hydrogen) atoms. The Labute approximate surface area is 239 Å². The minimum Gasteiger partial charge on any atom is -0.502 e. The van der Waals surface area contributed by atoms with Crippen LogP contribution in [-0.4, -0.2) is 79.6 Å². The second-order valence-corrected chi connectivity index (χ2v) is 12.8. The number of aliphatic hydroxyl groups excluding tert-OH is 1. The lowest BCUT2D eigenvalue weighted by Gasteiger charge is -2.38. The molecule has 1 unspecified atom stereocenters. The summed E-state index contributed by atoms with van der Waals surface area (Å²) in [6.45, 7) is 1.39. The summed E-state index contributed by atoms with van der Waals surface area (Å²) in [5, 5.41) is 20.4. The molecule has 4 aliphatic rings. The average molecular weight is 590 g/mol. The Hall–Kier alpha value is -2.96.